The molecule has 4 rings (SSSR count). The Kier molecular flexibility index (Phi) is 6.65. The van der Waals surface area contributed by atoms with Crippen LogP contribution in [0.5, 0.6) is 0 Å². The first kappa shape index (κ1) is 23.4. The zero-order chi connectivity index (χ0) is 24.3. The van der Waals surface area contributed by atoms with Gasteiger partial charge >= 0.3 is 6.09 Å². The van der Waals surface area contributed by atoms with Gasteiger partial charge in [-0.15, -0.1) is 0 Å². The van der Waals surface area contributed by atoms with Gasteiger partial charge in [-0.3, -0.25) is 9.36 Å². The van der Waals surface area contributed by atoms with Crippen LogP contribution in [0.3, 0.4) is 0 Å². The largest absolute Gasteiger partial charge is 0.443 e. The Bertz CT molecular complexity index is 1300. The van der Waals surface area contributed by atoms with E-state index in [2.05, 4.69) is 4.98 Å². The predicted molar refractivity (Wildman–Crippen MR) is 130 cm³/mol. The van der Waals surface area contributed by atoms with Gasteiger partial charge in [0, 0.05) is 37.4 Å². The number of nitrogens with zero attached hydrogens (tertiary/aromatic N) is 3. The number of fused-ring (bicyclic) bond motifs is 1. The third kappa shape index (κ3) is 5.26. The van der Waals surface area contributed by atoms with Gasteiger partial charge in [0.25, 0.3) is 0 Å². The lowest BCUT2D eigenvalue weighted by atomic mass is 10.0. The molecular formula is C27H29N3O4. The third-order valence-corrected chi connectivity index (χ3v) is 5.42. The first-order chi connectivity index (χ1) is 16.2. The van der Waals surface area contributed by atoms with Crippen LogP contribution in [0.15, 0.2) is 73.2 Å². The van der Waals surface area contributed by atoms with Crippen molar-refractivity contribution < 1.29 is 19.1 Å². The molecule has 0 spiro atoms. The van der Waals surface area contributed by atoms with Crippen LogP contribution in [0, 0.1) is 0 Å². The quantitative estimate of drug-likeness (QED) is 0.357. The van der Waals surface area contributed by atoms with Crippen molar-refractivity contribution in [3.63, 3.8) is 0 Å². The number of para-hydroxylation sites is 1. The lowest BCUT2D eigenvalue weighted by molar-refractivity contribution is 0.0331. The molecule has 4 aromatic rings. The summed E-state index contributed by atoms with van der Waals surface area (Å²) in [6.07, 6.45) is 4.11. The van der Waals surface area contributed by atoms with Gasteiger partial charge in [-0.05, 0) is 38.0 Å². The summed E-state index contributed by atoms with van der Waals surface area (Å²) in [6.45, 7) is 5.77. The van der Waals surface area contributed by atoms with E-state index in [0.29, 0.717) is 5.82 Å². The summed E-state index contributed by atoms with van der Waals surface area (Å²) in [5.74, 6) is 0.117. The second-order valence-electron chi connectivity index (χ2n) is 9.24. The summed E-state index contributed by atoms with van der Waals surface area (Å²) in [5.41, 5.74) is 1.88. The average Bonchev–Trinajstić information content (AvgIpc) is 3.39. The Morgan fingerprint density at radius 3 is 2.41 bits per heavy atom. The van der Waals surface area contributed by atoms with E-state index in [1.165, 1.54) is 4.57 Å². The van der Waals surface area contributed by atoms with E-state index in [9.17, 15) is 9.59 Å². The molecule has 7 nitrogen and oxygen atoms in total. The zero-order valence-electron chi connectivity index (χ0n) is 19.9. The molecule has 176 valence electrons. The number of imidazole rings is 1. The number of Topliss-reactive ketones (excluding diaryl/α,β-unsaturated/α-hetero) is 1. The molecule has 0 bridgehead atoms. The van der Waals surface area contributed by atoms with Gasteiger partial charge in [-0.2, -0.15) is 0 Å². The normalized spacial score (nSPS) is 12.6. The molecule has 0 amide bonds. The maximum atomic E-state index is 13.4. The van der Waals surface area contributed by atoms with Crippen LogP contribution in [0.1, 0.15) is 42.5 Å². The van der Waals surface area contributed by atoms with E-state index in [4.69, 9.17) is 9.47 Å². The fourth-order valence-corrected chi connectivity index (χ4v) is 3.82. The Hall–Kier alpha value is -3.71. The molecule has 2 aromatic heterocycles. The Morgan fingerprint density at radius 1 is 1.03 bits per heavy atom. The van der Waals surface area contributed by atoms with Crippen molar-refractivity contribution in [2.45, 2.75) is 45.5 Å². The fourth-order valence-electron chi connectivity index (χ4n) is 3.82. The predicted octanol–water partition coefficient (Wildman–Crippen LogP) is 5.17. The molecule has 0 fully saturated rings. The minimum Gasteiger partial charge on any atom is -0.443 e. The molecular weight excluding hydrogens is 430 g/mol. The van der Waals surface area contributed by atoms with Crippen molar-refractivity contribution in [3.8, 4) is 0 Å². The lowest BCUT2D eigenvalue weighted by Crippen LogP contribution is -2.29. The first-order valence-corrected chi connectivity index (χ1v) is 11.2. The van der Waals surface area contributed by atoms with E-state index in [0.717, 1.165) is 22.0 Å². The molecule has 0 saturated heterocycles. The summed E-state index contributed by atoms with van der Waals surface area (Å²) < 4.78 is 14.9. The highest BCUT2D eigenvalue weighted by atomic mass is 16.6. The van der Waals surface area contributed by atoms with Crippen molar-refractivity contribution in [2.24, 2.45) is 7.05 Å². The molecule has 0 aliphatic carbocycles. The Morgan fingerprint density at radius 2 is 1.74 bits per heavy atom. The number of rotatable bonds is 7. The molecule has 34 heavy (non-hydrogen) atoms. The lowest BCUT2D eigenvalue weighted by Gasteiger charge is -2.19. The second kappa shape index (κ2) is 9.65. The van der Waals surface area contributed by atoms with Crippen LogP contribution in [0.4, 0.5) is 4.79 Å². The highest BCUT2D eigenvalue weighted by Crippen LogP contribution is 2.25. The van der Waals surface area contributed by atoms with Crippen LogP contribution < -0.4 is 0 Å². The van der Waals surface area contributed by atoms with E-state index >= 15 is 0 Å². The number of ether oxygens (including phenoxy) is 2. The number of hydrogen-bond donors (Lipinski definition) is 0. The fraction of sp³-hybridized carbons (Fsp3) is 0.296. The van der Waals surface area contributed by atoms with Crippen molar-refractivity contribution in [2.75, 3.05) is 0 Å². The van der Waals surface area contributed by atoms with Gasteiger partial charge in [-0.25, -0.2) is 9.78 Å². The van der Waals surface area contributed by atoms with Crippen LogP contribution >= 0.6 is 0 Å². The zero-order valence-corrected chi connectivity index (χ0v) is 19.9. The Balaban J connectivity index is 1.67. The monoisotopic (exact) mass is 459 g/mol. The third-order valence-electron chi connectivity index (χ3n) is 5.42. The number of carbonyl (C=O) groups excluding carboxylic acids is 2. The maximum Gasteiger partial charge on any atom is 0.419 e. The molecule has 2 aromatic carbocycles. The Labute approximate surface area is 198 Å². The SMILES string of the molecule is Cn1ccnc1C(=O)[C@H](Cc1cn(C(=O)OC(C)(C)C)c2ccccc12)OCc1ccccc1. The van der Waals surface area contributed by atoms with E-state index in [1.807, 2.05) is 75.4 Å². The van der Waals surface area contributed by atoms with Crippen molar-refractivity contribution >= 4 is 22.8 Å². The van der Waals surface area contributed by atoms with Gasteiger partial charge in [0.15, 0.2) is 5.82 Å². The van der Waals surface area contributed by atoms with Crippen molar-refractivity contribution in [1.82, 2.24) is 14.1 Å². The van der Waals surface area contributed by atoms with Crippen LogP contribution in [0.2, 0.25) is 0 Å². The number of aromatic nitrogens is 3. The summed E-state index contributed by atoms with van der Waals surface area (Å²) >= 11 is 0. The smallest absolute Gasteiger partial charge is 0.419 e. The summed E-state index contributed by atoms with van der Waals surface area (Å²) in [4.78, 5) is 30.5. The van der Waals surface area contributed by atoms with Crippen LogP contribution in [0.25, 0.3) is 10.9 Å². The van der Waals surface area contributed by atoms with Gasteiger partial charge in [0.2, 0.25) is 5.78 Å². The molecule has 0 N–H and O–H groups in total. The van der Waals surface area contributed by atoms with Crippen molar-refractivity contribution in [3.05, 3.63) is 90.1 Å². The maximum absolute atomic E-state index is 13.4. The molecule has 2 heterocycles. The minimum absolute atomic E-state index is 0.211. The average molecular weight is 460 g/mol. The number of carbonyl (C=O) groups is 2. The number of aryl methyl sites for hydroxylation is 1. The van der Waals surface area contributed by atoms with Gasteiger partial charge in [-0.1, -0.05) is 48.5 Å². The van der Waals surface area contributed by atoms with Crippen LogP contribution in [-0.2, 0) is 29.5 Å². The molecule has 0 radical (unpaired) electrons. The highest BCUT2D eigenvalue weighted by molar-refractivity contribution is 5.98. The standard InChI is InChI=1S/C27H29N3O4/c1-27(2,3)34-26(32)30-17-20(21-12-8-9-13-22(21)30)16-23(24(31)25-28-14-15-29(25)4)33-18-19-10-6-5-7-11-19/h5-15,17,23H,16,18H2,1-4H3/t23-/m0/s1. The second-order valence-corrected chi connectivity index (χ2v) is 9.24. The molecule has 0 aliphatic rings. The molecule has 7 heteroatoms. The van der Waals surface area contributed by atoms with Crippen molar-refractivity contribution in [1.29, 1.82) is 0 Å². The number of benzene rings is 2. The van der Waals surface area contributed by atoms with Gasteiger partial charge in [0.1, 0.15) is 11.7 Å². The number of ketones is 1. The molecule has 0 aliphatic heterocycles. The van der Waals surface area contributed by atoms with Gasteiger partial charge < -0.3 is 14.0 Å². The topological polar surface area (TPSA) is 75.4 Å². The summed E-state index contributed by atoms with van der Waals surface area (Å²) in [7, 11) is 1.78. The number of hydrogen-bond acceptors (Lipinski definition) is 5. The van der Waals surface area contributed by atoms with Gasteiger partial charge in [0.05, 0.1) is 12.1 Å². The molecule has 0 unspecified atom stereocenters. The first-order valence-electron chi connectivity index (χ1n) is 11.2. The van der Waals surface area contributed by atoms with E-state index in [1.54, 1.807) is 30.2 Å². The molecule has 0 saturated carbocycles. The van der Waals surface area contributed by atoms with E-state index < -0.39 is 17.8 Å². The summed E-state index contributed by atoms with van der Waals surface area (Å²) in [5, 5.41) is 0.870. The van der Waals surface area contributed by atoms with Crippen LogP contribution in [-0.4, -0.2) is 37.7 Å². The molecule has 1 atom stereocenters. The highest BCUT2D eigenvalue weighted by Gasteiger charge is 2.27. The van der Waals surface area contributed by atoms with E-state index in [-0.39, 0.29) is 18.8 Å². The minimum atomic E-state index is -0.779. The summed E-state index contributed by atoms with van der Waals surface area (Å²) in [6, 6.07) is 17.3.